The lowest BCUT2D eigenvalue weighted by molar-refractivity contribution is -0.138. The van der Waals surface area contributed by atoms with Crippen LogP contribution in [-0.2, 0) is 17.9 Å². The van der Waals surface area contributed by atoms with Crippen LogP contribution in [0.1, 0.15) is 44.2 Å². The minimum atomic E-state index is -0.368. The third kappa shape index (κ3) is 6.62. The van der Waals surface area contributed by atoms with Gasteiger partial charge in [0.25, 0.3) is 0 Å². The van der Waals surface area contributed by atoms with Gasteiger partial charge < -0.3 is 19.1 Å². The predicted molar refractivity (Wildman–Crippen MR) is 138 cm³/mol. The van der Waals surface area contributed by atoms with Crippen molar-refractivity contribution in [3.63, 3.8) is 0 Å². The molecular formula is C28H36ClFN2O4. The number of likely N-dealkylation sites (tertiary alicyclic amines) is 1. The van der Waals surface area contributed by atoms with E-state index in [0.29, 0.717) is 61.8 Å². The Balaban J connectivity index is 1.46. The Bertz CT molecular complexity index is 1060. The smallest absolute Gasteiger partial charge is 0.227 e. The zero-order chi connectivity index (χ0) is 25.7. The number of amides is 1. The summed E-state index contributed by atoms with van der Waals surface area (Å²) in [4.78, 5) is 18.0. The fourth-order valence-electron chi connectivity index (χ4n) is 4.99. The quantitative estimate of drug-likeness (QED) is 0.459. The van der Waals surface area contributed by atoms with Crippen LogP contribution in [0.4, 0.5) is 4.39 Å². The van der Waals surface area contributed by atoms with Crippen molar-refractivity contribution in [2.45, 2.75) is 46.2 Å². The zero-order valence-corrected chi connectivity index (χ0v) is 22.2. The molecule has 0 aromatic heterocycles. The van der Waals surface area contributed by atoms with Crippen molar-refractivity contribution in [3.05, 3.63) is 52.3 Å². The highest BCUT2D eigenvalue weighted by molar-refractivity contribution is 6.32. The van der Waals surface area contributed by atoms with Crippen LogP contribution >= 0.6 is 11.6 Å². The first-order valence-electron chi connectivity index (χ1n) is 12.8. The number of ether oxygens (including phenoxy) is 3. The molecule has 0 N–H and O–H groups in total. The number of nitrogens with zero attached hydrogens (tertiary/aromatic N) is 2. The SMILES string of the molecule is COc1cc(CN2CCC[C@@H](C(=O)N(Cc3cc(Cl)c4c(c3)OCCCO4)CC(C)C)C2)ccc1F. The molecule has 0 bridgehead atoms. The largest absolute Gasteiger partial charge is 0.494 e. The number of carbonyl (C=O) groups excluding carboxylic acids is 1. The number of hydrogen-bond acceptors (Lipinski definition) is 5. The van der Waals surface area contributed by atoms with E-state index in [-0.39, 0.29) is 23.4 Å². The molecule has 1 fully saturated rings. The lowest BCUT2D eigenvalue weighted by Crippen LogP contribution is -2.45. The summed E-state index contributed by atoms with van der Waals surface area (Å²) in [5, 5.41) is 0.514. The van der Waals surface area contributed by atoms with E-state index in [9.17, 15) is 9.18 Å². The molecule has 36 heavy (non-hydrogen) atoms. The number of methoxy groups -OCH3 is 1. The van der Waals surface area contributed by atoms with Gasteiger partial charge in [0.1, 0.15) is 0 Å². The van der Waals surface area contributed by atoms with Gasteiger partial charge in [-0.3, -0.25) is 9.69 Å². The van der Waals surface area contributed by atoms with Crippen LogP contribution in [0.15, 0.2) is 30.3 Å². The summed E-state index contributed by atoms with van der Waals surface area (Å²) in [6.07, 6.45) is 2.61. The number of rotatable bonds is 8. The van der Waals surface area contributed by atoms with Crippen LogP contribution in [0.5, 0.6) is 17.2 Å². The third-order valence-electron chi connectivity index (χ3n) is 6.61. The van der Waals surface area contributed by atoms with Gasteiger partial charge in [-0.05, 0) is 60.7 Å². The van der Waals surface area contributed by atoms with Crippen molar-refractivity contribution >= 4 is 17.5 Å². The summed E-state index contributed by atoms with van der Waals surface area (Å²) < 4.78 is 30.6. The summed E-state index contributed by atoms with van der Waals surface area (Å²) >= 11 is 6.52. The Kier molecular flexibility index (Phi) is 8.96. The van der Waals surface area contributed by atoms with E-state index in [1.165, 1.54) is 13.2 Å². The Hall–Kier alpha value is -2.51. The van der Waals surface area contributed by atoms with E-state index < -0.39 is 0 Å². The van der Waals surface area contributed by atoms with Gasteiger partial charge in [-0.1, -0.05) is 31.5 Å². The van der Waals surface area contributed by atoms with Gasteiger partial charge in [0.15, 0.2) is 23.1 Å². The molecule has 8 heteroatoms. The van der Waals surface area contributed by atoms with Crippen LogP contribution in [-0.4, -0.2) is 55.7 Å². The first kappa shape index (κ1) is 26.6. The lowest BCUT2D eigenvalue weighted by Gasteiger charge is -2.35. The Labute approximate surface area is 218 Å². The molecule has 0 saturated carbocycles. The molecule has 2 aliphatic rings. The molecule has 4 rings (SSSR count). The molecule has 196 valence electrons. The fourth-order valence-corrected chi connectivity index (χ4v) is 5.28. The van der Waals surface area contributed by atoms with Crippen molar-refractivity contribution < 1.29 is 23.4 Å². The van der Waals surface area contributed by atoms with Gasteiger partial charge in [-0.25, -0.2) is 4.39 Å². The number of benzene rings is 2. The third-order valence-corrected chi connectivity index (χ3v) is 6.89. The van der Waals surface area contributed by atoms with Crippen molar-refractivity contribution in [1.29, 1.82) is 0 Å². The summed E-state index contributed by atoms with van der Waals surface area (Å²) in [6, 6.07) is 8.78. The number of hydrogen-bond donors (Lipinski definition) is 0. The molecule has 2 aromatic rings. The Morgan fingerprint density at radius 1 is 1.19 bits per heavy atom. The van der Waals surface area contributed by atoms with Crippen LogP contribution in [0.25, 0.3) is 0 Å². The minimum absolute atomic E-state index is 0.0873. The van der Waals surface area contributed by atoms with Gasteiger partial charge in [-0.15, -0.1) is 0 Å². The lowest BCUT2D eigenvalue weighted by atomic mass is 9.95. The van der Waals surface area contributed by atoms with Crippen molar-refractivity contribution in [3.8, 4) is 17.2 Å². The molecular weight excluding hydrogens is 483 g/mol. The maximum atomic E-state index is 13.8. The van der Waals surface area contributed by atoms with E-state index in [4.69, 9.17) is 25.8 Å². The van der Waals surface area contributed by atoms with E-state index in [0.717, 1.165) is 36.9 Å². The topological polar surface area (TPSA) is 51.2 Å². The summed E-state index contributed by atoms with van der Waals surface area (Å²) in [5.74, 6) is 1.51. The van der Waals surface area contributed by atoms with E-state index in [2.05, 4.69) is 18.7 Å². The van der Waals surface area contributed by atoms with Crippen LogP contribution < -0.4 is 14.2 Å². The van der Waals surface area contributed by atoms with Gasteiger partial charge in [-0.2, -0.15) is 0 Å². The first-order valence-corrected chi connectivity index (χ1v) is 13.1. The standard InChI is InChI=1S/C28H36ClFN2O4/c1-19(2)15-32(17-21-12-23(29)27-26(14-21)35-10-5-11-36-27)28(33)22-6-4-9-31(18-22)16-20-7-8-24(30)25(13-20)34-3/h7-8,12-14,19,22H,4-6,9-11,15-18H2,1-3H3/t22-/m1/s1. The van der Waals surface area contributed by atoms with Gasteiger partial charge >= 0.3 is 0 Å². The Morgan fingerprint density at radius 3 is 2.78 bits per heavy atom. The molecule has 6 nitrogen and oxygen atoms in total. The maximum absolute atomic E-state index is 13.8. The Morgan fingerprint density at radius 2 is 2.00 bits per heavy atom. The molecule has 0 unspecified atom stereocenters. The average molecular weight is 519 g/mol. The summed E-state index contributed by atoms with van der Waals surface area (Å²) in [6.45, 7) is 8.78. The van der Waals surface area contributed by atoms with Crippen molar-refractivity contribution in [2.24, 2.45) is 11.8 Å². The van der Waals surface area contributed by atoms with Gasteiger partial charge in [0.05, 0.1) is 31.3 Å². The zero-order valence-electron chi connectivity index (χ0n) is 21.4. The first-order chi connectivity index (χ1) is 17.3. The van der Waals surface area contributed by atoms with E-state index in [1.54, 1.807) is 12.1 Å². The van der Waals surface area contributed by atoms with Gasteiger partial charge in [0.2, 0.25) is 5.91 Å². The average Bonchev–Trinajstić information content (AvgIpc) is 3.10. The second-order valence-corrected chi connectivity index (χ2v) is 10.5. The fraction of sp³-hybridized carbons (Fsp3) is 0.536. The highest BCUT2D eigenvalue weighted by Crippen LogP contribution is 2.38. The number of piperidine rings is 1. The molecule has 2 heterocycles. The maximum Gasteiger partial charge on any atom is 0.227 e. The second kappa shape index (κ2) is 12.2. The molecule has 2 aromatic carbocycles. The van der Waals surface area contributed by atoms with Crippen LogP contribution in [0, 0.1) is 17.7 Å². The van der Waals surface area contributed by atoms with Crippen LogP contribution in [0.3, 0.4) is 0 Å². The number of fused-ring (bicyclic) bond motifs is 1. The molecule has 1 amide bonds. The number of carbonyl (C=O) groups is 1. The summed E-state index contributed by atoms with van der Waals surface area (Å²) in [7, 11) is 1.47. The minimum Gasteiger partial charge on any atom is -0.494 e. The number of halogens is 2. The molecule has 1 saturated heterocycles. The highest BCUT2D eigenvalue weighted by atomic mass is 35.5. The van der Waals surface area contributed by atoms with Crippen molar-refractivity contribution in [2.75, 3.05) is 40.0 Å². The normalized spacial score (nSPS) is 18.1. The molecule has 0 spiro atoms. The van der Waals surface area contributed by atoms with Crippen molar-refractivity contribution in [1.82, 2.24) is 9.80 Å². The highest BCUT2D eigenvalue weighted by Gasteiger charge is 2.30. The second-order valence-electron chi connectivity index (χ2n) is 10.1. The monoisotopic (exact) mass is 518 g/mol. The predicted octanol–water partition coefficient (Wildman–Crippen LogP) is 5.55. The molecule has 2 aliphatic heterocycles. The van der Waals surface area contributed by atoms with E-state index in [1.807, 2.05) is 17.0 Å². The summed E-state index contributed by atoms with van der Waals surface area (Å²) in [5.41, 5.74) is 1.91. The molecule has 1 atom stereocenters. The van der Waals surface area contributed by atoms with Gasteiger partial charge in [0, 0.05) is 32.6 Å². The van der Waals surface area contributed by atoms with E-state index >= 15 is 0 Å². The molecule has 0 aliphatic carbocycles. The molecule has 0 radical (unpaired) electrons. The van der Waals surface area contributed by atoms with Crippen LogP contribution in [0.2, 0.25) is 5.02 Å².